The molecule has 0 aliphatic rings. The number of aliphatic hydroxyl groups is 1. The molecule has 0 amide bonds. The van der Waals surface area contributed by atoms with E-state index in [1.54, 1.807) is 0 Å². The molecule has 1 unspecified atom stereocenters. The van der Waals surface area contributed by atoms with Crippen LogP contribution in [0.1, 0.15) is 5.56 Å². The molecular formula is C22H20N2O3S. The zero-order valence-corrected chi connectivity index (χ0v) is 16.2. The lowest BCUT2D eigenvalue weighted by Crippen LogP contribution is -2.30. The molecule has 142 valence electrons. The van der Waals surface area contributed by atoms with E-state index in [1.807, 2.05) is 66.9 Å². The van der Waals surface area contributed by atoms with Crippen molar-refractivity contribution >= 4 is 21.6 Å². The molecule has 0 bridgehead atoms. The number of ether oxygens (including phenoxy) is 1. The van der Waals surface area contributed by atoms with Crippen molar-refractivity contribution in [2.24, 2.45) is 0 Å². The minimum Gasteiger partial charge on any atom is -0.491 e. The van der Waals surface area contributed by atoms with E-state index in [-0.39, 0.29) is 18.7 Å². The maximum absolute atomic E-state index is 13.0. The van der Waals surface area contributed by atoms with Crippen LogP contribution in [-0.2, 0) is 6.54 Å². The zero-order valence-electron chi connectivity index (χ0n) is 15.4. The average Bonchev–Trinajstić information content (AvgIpc) is 3.14. The molecule has 6 heteroatoms. The van der Waals surface area contributed by atoms with Gasteiger partial charge < -0.3 is 9.84 Å². The number of hydrogen-bond donors (Lipinski definition) is 1. The number of fused-ring (bicyclic) bond motifs is 1. The van der Waals surface area contributed by atoms with Gasteiger partial charge in [0.2, 0.25) is 0 Å². The number of benzene rings is 2. The standard InChI is InChI=1S/C22H20N2O3S/c1-15-6-5-9-18(10-15)27-12-17(25)11-24-14-23-21-20(22(24)26)19(13-28-21)16-7-3-2-4-8-16/h2-10,13-14,17,25H,11-12H2,1H3. The molecule has 4 rings (SSSR count). The van der Waals surface area contributed by atoms with E-state index in [9.17, 15) is 9.90 Å². The van der Waals surface area contributed by atoms with Crippen LogP contribution in [0.4, 0.5) is 0 Å². The van der Waals surface area contributed by atoms with Gasteiger partial charge in [-0.25, -0.2) is 4.98 Å². The van der Waals surface area contributed by atoms with Crippen LogP contribution in [0.3, 0.4) is 0 Å². The number of aliphatic hydroxyl groups excluding tert-OH is 1. The molecule has 28 heavy (non-hydrogen) atoms. The summed E-state index contributed by atoms with van der Waals surface area (Å²) in [7, 11) is 0. The van der Waals surface area contributed by atoms with Gasteiger partial charge in [0.15, 0.2) is 0 Å². The van der Waals surface area contributed by atoms with Gasteiger partial charge in [0.1, 0.15) is 23.3 Å². The highest BCUT2D eigenvalue weighted by atomic mass is 32.1. The first-order chi connectivity index (χ1) is 13.6. The molecule has 4 aromatic rings. The van der Waals surface area contributed by atoms with Crippen molar-refractivity contribution in [2.75, 3.05) is 6.61 Å². The van der Waals surface area contributed by atoms with Gasteiger partial charge in [0, 0.05) is 10.9 Å². The topological polar surface area (TPSA) is 64.3 Å². The lowest BCUT2D eigenvalue weighted by Gasteiger charge is -2.14. The third-order valence-electron chi connectivity index (χ3n) is 4.48. The average molecular weight is 392 g/mol. The Balaban J connectivity index is 1.55. The first-order valence-corrected chi connectivity index (χ1v) is 9.89. The summed E-state index contributed by atoms with van der Waals surface area (Å²) in [5.74, 6) is 0.698. The number of nitrogens with zero attached hydrogens (tertiary/aromatic N) is 2. The first kappa shape index (κ1) is 18.4. The molecule has 0 aliphatic heterocycles. The van der Waals surface area contributed by atoms with Crippen molar-refractivity contribution in [2.45, 2.75) is 19.6 Å². The molecule has 1 atom stereocenters. The number of thiophene rings is 1. The number of hydrogen-bond acceptors (Lipinski definition) is 5. The number of rotatable bonds is 6. The van der Waals surface area contributed by atoms with Gasteiger partial charge in [-0.3, -0.25) is 9.36 Å². The fourth-order valence-corrected chi connectivity index (χ4v) is 4.01. The molecule has 2 aromatic heterocycles. The van der Waals surface area contributed by atoms with Crippen molar-refractivity contribution in [1.29, 1.82) is 0 Å². The van der Waals surface area contributed by atoms with Crippen LogP contribution in [-0.4, -0.2) is 27.4 Å². The first-order valence-electron chi connectivity index (χ1n) is 9.01. The second kappa shape index (κ2) is 7.96. The summed E-state index contributed by atoms with van der Waals surface area (Å²) in [5, 5.41) is 12.9. The summed E-state index contributed by atoms with van der Waals surface area (Å²) >= 11 is 1.45. The number of aromatic nitrogens is 2. The third-order valence-corrected chi connectivity index (χ3v) is 5.37. The van der Waals surface area contributed by atoms with Crippen LogP contribution in [0.5, 0.6) is 5.75 Å². The Hall–Kier alpha value is -2.96. The van der Waals surface area contributed by atoms with E-state index in [0.29, 0.717) is 16.0 Å². The van der Waals surface area contributed by atoms with Crippen LogP contribution in [0, 0.1) is 6.92 Å². The molecule has 2 heterocycles. The smallest absolute Gasteiger partial charge is 0.262 e. The van der Waals surface area contributed by atoms with Gasteiger partial charge in [-0.1, -0.05) is 42.5 Å². The van der Waals surface area contributed by atoms with Crippen LogP contribution in [0.25, 0.3) is 21.3 Å². The second-order valence-corrected chi connectivity index (χ2v) is 7.54. The van der Waals surface area contributed by atoms with Crippen LogP contribution >= 0.6 is 11.3 Å². The fourth-order valence-electron chi connectivity index (χ4n) is 3.11. The van der Waals surface area contributed by atoms with Gasteiger partial charge in [-0.15, -0.1) is 11.3 Å². The van der Waals surface area contributed by atoms with E-state index in [0.717, 1.165) is 16.7 Å². The monoisotopic (exact) mass is 392 g/mol. The van der Waals surface area contributed by atoms with Crippen LogP contribution < -0.4 is 10.3 Å². The normalized spacial score (nSPS) is 12.2. The highest BCUT2D eigenvalue weighted by Gasteiger charge is 2.15. The minimum atomic E-state index is -0.823. The predicted octanol–water partition coefficient (Wildman–Crippen LogP) is 3.87. The van der Waals surface area contributed by atoms with Crippen LogP contribution in [0.2, 0.25) is 0 Å². The quantitative estimate of drug-likeness (QED) is 0.541. The summed E-state index contributed by atoms with van der Waals surface area (Å²) in [6.45, 7) is 2.20. The summed E-state index contributed by atoms with van der Waals surface area (Å²) in [6, 6.07) is 17.4. The van der Waals surface area contributed by atoms with Gasteiger partial charge >= 0.3 is 0 Å². The van der Waals surface area contributed by atoms with Gasteiger partial charge in [-0.2, -0.15) is 0 Å². The molecule has 0 saturated carbocycles. The van der Waals surface area contributed by atoms with E-state index in [1.165, 1.54) is 22.2 Å². The molecule has 0 fully saturated rings. The Labute approximate surface area is 166 Å². The largest absolute Gasteiger partial charge is 0.491 e. The van der Waals surface area contributed by atoms with E-state index in [4.69, 9.17) is 4.74 Å². The van der Waals surface area contributed by atoms with Crippen molar-refractivity contribution in [3.05, 3.63) is 82.2 Å². The van der Waals surface area contributed by atoms with Crippen molar-refractivity contribution in [3.63, 3.8) is 0 Å². The zero-order chi connectivity index (χ0) is 19.5. The Kier molecular flexibility index (Phi) is 5.23. The summed E-state index contributed by atoms with van der Waals surface area (Å²) < 4.78 is 7.09. The van der Waals surface area contributed by atoms with Crippen LogP contribution in [0.15, 0.2) is 71.1 Å². The highest BCUT2D eigenvalue weighted by Crippen LogP contribution is 2.30. The predicted molar refractivity (Wildman–Crippen MR) is 112 cm³/mol. The van der Waals surface area contributed by atoms with E-state index < -0.39 is 6.10 Å². The van der Waals surface area contributed by atoms with Gasteiger partial charge in [-0.05, 0) is 30.2 Å². The minimum absolute atomic E-state index is 0.100. The lowest BCUT2D eigenvalue weighted by molar-refractivity contribution is 0.0914. The third kappa shape index (κ3) is 3.83. The SMILES string of the molecule is Cc1cccc(OCC(O)Cn2cnc3scc(-c4ccccc4)c3c2=O)c1. The molecule has 0 aliphatic carbocycles. The summed E-state index contributed by atoms with van der Waals surface area (Å²) in [6.07, 6.45) is 0.669. The molecule has 0 radical (unpaired) electrons. The summed E-state index contributed by atoms with van der Waals surface area (Å²) in [4.78, 5) is 18.1. The number of aryl methyl sites for hydroxylation is 1. The Morgan fingerprint density at radius 1 is 1.18 bits per heavy atom. The van der Waals surface area contributed by atoms with E-state index >= 15 is 0 Å². The van der Waals surface area contributed by atoms with Crippen molar-refractivity contribution in [3.8, 4) is 16.9 Å². The summed E-state index contributed by atoms with van der Waals surface area (Å²) in [5.41, 5.74) is 2.79. The van der Waals surface area contributed by atoms with Crippen molar-refractivity contribution < 1.29 is 9.84 Å². The maximum atomic E-state index is 13.0. The molecule has 0 spiro atoms. The highest BCUT2D eigenvalue weighted by molar-refractivity contribution is 7.17. The van der Waals surface area contributed by atoms with E-state index in [2.05, 4.69) is 4.98 Å². The lowest BCUT2D eigenvalue weighted by atomic mass is 10.1. The second-order valence-electron chi connectivity index (χ2n) is 6.68. The molecule has 0 saturated heterocycles. The molecule has 2 aromatic carbocycles. The van der Waals surface area contributed by atoms with Gasteiger partial charge in [0.05, 0.1) is 18.3 Å². The Bertz CT molecular complexity index is 1150. The van der Waals surface area contributed by atoms with Gasteiger partial charge in [0.25, 0.3) is 5.56 Å². The molecular weight excluding hydrogens is 372 g/mol. The Morgan fingerprint density at radius 3 is 2.79 bits per heavy atom. The Morgan fingerprint density at radius 2 is 2.00 bits per heavy atom. The fraction of sp³-hybridized carbons (Fsp3) is 0.182. The molecule has 1 N–H and O–H groups in total. The van der Waals surface area contributed by atoms with Crippen molar-refractivity contribution in [1.82, 2.24) is 9.55 Å². The maximum Gasteiger partial charge on any atom is 0.262 e. The molecule has 5 nitrogen and oxygen atoms in total.